The highest BCUT2D eigenvalue weighted by molar-refractivity contribution is 7.99. The number of imidazole rings is 1. The standard InChI is InChI=1S/C12H14ClN3OS/c1-15-10(8-13)9-14-12(15)18-7-6-16-5-3-2-4-11(16)17/h2-5,9H,6-8H2,1H3. The molecular formula is C12H14ClN3OS. The van der Waals surface area contributed by atoms with E-state index in [0.29, 0.717) is 12.4 Å². The fourth-order valence-electron chi connectivity index (χ4n) is 1.56. The van der Waals surface area contributed by atoms with E-state index in [0.717, 1.165) is 16.6 Å². The number of hydrogen-bond donors (Lipinski definition) is 0. The van der Waals surface area contributed by atoms with Crippen molar-refractivity contribution >= 4 is 23.4 Å². The van der Waals surface area contributed by atoms with Gasteiger partial charge in [0.2, 0.25) is 0 Å². The molecule has 0 saturated heterocycles. The van der Waals surface area contributed by atoms with Crippen molar-refractivity contribution in [1.82, 2.24) is 14.1 Å². The van der Waals surface area contributed by atoms with Crippen LogP contribution in [0.2, 0.25) is 0 Å². The van der Waals surface area contributed by atoms with Gasteiger partial charge in [-0.1, -0.05) is 17.8 Å². The van der Waals surface area contributed by atoms with Gasteiger partial charge < -0.3 is 9.13 Å². The van der Waals surface area contributed by atoms with Gasteiger partial charge in [0.1, 0.15) is 0 Å². The highest BCUT2D eigenvalue weighted by Gasteiger charge is 2.05. The number of nitrogens with zero attached hydrogens (tertiary/aromatic N) is 3. The maximum absolute atomic E-state index is 11.5. The molecule has 0 fully saturated rings. The van der Waals surface area contributed by atoms with E-state index in [-0.39, 0.29) is 5.56 Å². The number of aromatic nitrogens is 3. The third-order valence-corrected chi connectivity index (χ3v) is 3.94. The van der Waals surface area contributed by atoms with Crippen LogP contribution in [0.25, 0.3) is 0 Å². The Morgan fingerprint density at radius 3 is 2.94 bits per heavy atom. The van der Waals surface area contributed by atoms with Crippen molar-refractivity contribution in [3.63, 3.8) is 0 Å². The van der Waals surface area contributed by atoms with Crippen LogP contribution >= 0.6 is 23.4 Å². The van der Waals surface area contributed by atoms with E-state index < -0.39 is 0 Å². The smallest absolute Gasteiger partial charge is 0.250 e. The van der Waals surface area contributed by atoms with E-state index >= 15 is 0 Å². The van der Waals surface area contributed by atoms with Gasteiger partial charge in [-0.2, -0.15) is 0 Å². The summed E-state index contributed by atoms with van der Waals surface area (Å²) in [5.41, 5.74) is 1.02. The molecule has 0 bridgehead atoms. The Morgan fingerprint density at radius 2 is 2.28 bits per heavy atom. The van der Waals surface area contributed by atoms with E-state index in [1.54, 1.807) is 40.9 Å². The van der Waals surface area contributed by atoms with Gasteiger partial charge in [-0.3, -0.25) is 4.79 Å². The van der Waals surface area contributed by atoms with Crippen LogP contribution in [0.5, 0.6) is 0 Å². The summed E-state index contributed by atoms with van der Waals surface area (Å²) in [4.78, 5) is 15.8. The van der Waals surface area contributed by atoms with Gasteiger partial charge in [0.25, 0.3) is 5.56 Å². The quantitative estimate of drug-likeness (QED) is 0.623. The Bertz CT molecular complexity index is 579. The van der Waals surface area contributed by atoms with Gasteiger partial charge in [0, 0.05) is 31.6 Å². The van der Waals surface area contributed by atoms with E-state index in [1.165, 1.54) is 0 Å². The predicted molar refractivity (Wildman–Crippen MR) is 74.2 cm³/mol. The van der Waals surface area contributed by atoms with E-state index in [4.69, 9.17) is 11.6 Å². The van der Waals surface area contributed by atoms with Crippen molar-refractivity contribution in [2.75, 3.05) is 5.75 Å². The maximum atomic E-state index is 11.5. The first-order chi connectivity index (χ1) is 8.72. The number of thioether (sulfide) groups is 1. The predicted octanol–water partition coefficient (Wildman–Crippen LogP) is 2.11. The molecule has 2 heterocycles. The second kappa shape index (κ2) is 6.11. The lowest BCUT2D eigenvalue weighted by Crippen LogP contribution is -2.18. The first-order valence-corrected chi connectivity index (χ1v) is 7.09. The number of rotatable bonds is 5. The molecule has 0 N–H and O–H groups in total. The minimum Gasteiger partial charge on any atom is -0.325 e. The van der Waals surface area contributed by atoms with Crippen molar-refractivity contribution in [2.24, 2.45) is 7.05 Å². The molecule has 0 aliphatic heterocycles. The van der Waals surface area contributed by atoms with Crippen LogP contribution in [0.15, 0.2) is 40.5 Å². The molecule has 0 saturated carbocycles. The number of hydrogen-bond acceptors (Lipinski definition) is 3. The van der Waals surface area contributed by atoms with Crippen LogP contribution in [0.3, 0.4) is 0 Å². The minimum atomic E-state index is 0.0272. The summed E-state index contributed by atoms with van der Waals surface area (Å²) < 4.78 is 3.67. The summed E-state index contributed by atoms with van der Waals surface area (Å²) in [6.07, 6.45) is 3.58. The SMILES string of the molecule is Cn1c(CCl)cnc1SCCn1ccccc1=O. The van der Waals surface area contributed by atoms with Gasteiger partial charge in [0.05, 0.1) is 17.8 Å². The van der Waals surface area contributed by atoms with Crippen molar-refractivity contribution in [1.29, 1.82) is 0 Å². The van der Waals surface area contributed by atoms with Crippen molar-refractivity contribution in [3.8, 4) is 0 Å². The first kappa shape index (κ1) is 13.2. The van der Waals surface area contributed by atoms with E-state index in [1.807, 2.05) is 17.7 Å². The summed E-state index contributed by atoms with van der Waals surface area (Å²) in [5, 5.41) is 0.926. The highest BCUT2D eigenvalue weighted by Crippen LogP contribution is 2.18. The molecule has 0 atom stereocenters. The summed E-state index contributed by atoms with van der Waals surface area (Å²) in [6.45, 7) is 0.674. The van der Waals surface area contributed by atoms with Gasteiger partial charge >= 0.3 is 0 Å². The molecule has 18 heavy (non-hydrogen) atoms. The molecule has 0 spiro atoms. The third-order valence-electron chi connectivity index (χ3n) is 2.64. The lowest BCUT2D eigenvalue weighted by atomic mass is 10.5. The van der Waals surface area contributed by atoms with Crippen LogP contribution in [0.4, 0.5) is 0 Å². The van der Waals surface area contributed by atoms with E-state index in [2.05, 4.69) is 4.98 Å². The van der Waals surface area contributed by atoms with E-state index in [9.17, 15) is 4.79 Å². The Kier molecular flexibility index (Phi) is 4.49. The largest absolute Gasteiger partial charge is 0.325 e. The summed E-state index contributed by atoms with van der Waals surface area (Å²) in [6, 6.07) is 5.17. The molecule has 0 unspecified atom stereocenters. The molecule has 0 aliphatic rings. The minimum absolute atomic E-state index is 0.0272. The Labute approximate surface area is 115 Å². The molecule has 0 aliphatic carbocycles. The maximum Gasteiger partial charge on any atom is 0.250 e. The Hall–Kier alpha value is -1.20. The lowest BCUT2D eigenvalue weighted by molar-refractivity contribution is 0.726. The zero-order valence-corrected chi connectivity index (χ0v) is 11.6. The van der Waals surface area contributed by atoms with Gasteiger partial charge in [-0.05, 0) is 6.07 Å². The molecule has 2 aromatic rings. The Morgan fingerprint density at radius 1 is 1.44 bits per heavy atom. The molecule has 6 heteroatoms. The molecule has 4 nitrogen and oxygen atoms in total. The summed E-state index contributed by atoms with van der Waals surface area (Å²) >= 11 is 7.40. The fourth-order valence-corrected chi connectivity index (χ4v) is 2.72. The third kappa shape index (κ3) is 2.97. The molecule has 0 radical (unpaired) electrons. The lowest BCUT2D eigenvalue weighted by Gasteiger charge is -2.05. The molecule has 0 aromatic carbocycles. The average molecular weight is 284 g/mol. The summed E-state index contributed by atoms with van der Waals surface area (Å²) in [5.74, 6) is 1.26. The highest BCUT2D eigenvalue weighted by atomic mass is 35.5. The van der Waals surface area contributed by atoms with Crippen LogP contribution in [-0.2, 0) is 19.5 Å². The monoisotopic (exact) mass is 283 g/mol. The van der Waals surface area contributed by atoms with Crippen molar-refractivity contribution in [2.45, 2.75) is 17.6 Å². The first-order valence-electron chi connectivity index (χ1n) is 5.57. The molecule has 0 amide bonds. The van der Waals surface area contributed by atoms with Crippen LogP contribution < -0.4 is 5.56 Å². The van der Waals surface area contributed by atoms with Gasteiger partial charge in [-0.25, -0.2) is 4.98 Å². The van der Waals surface area contributed by atoms with Gasteiger partial charge in [-0.15, -0.1) is 11.6 Å². The molecular weight excluding hydrogens is 270 g/mol. The molecule has 96 valence electrons. The number of halogens is 1. The van der Waals surface area contributed by atoms with Crippen molar-refractivity contribution in [3.05, 3.63) is 46.6 Å². The topological polar surface area (TPSA) is 39.8 Å². The summed E-state index contributed by atoms with van der Waals surface area (Å²) in [7, 11) is 1.95. The van der Waals surface area contributed by atoms with Crippen LogP contribution in [0, 0.1) is 0 Å². The second-order valence-corrected chi connectivity index (χ2v) is 5.13. The molecule has 2 aromatic heterocycles. The normalized spacial score (nSPS) is 10.8. The zero-order chi connectivity index (χ0) is 13.0. The molecule has 2 rings (SSSR count). The Balaban J connectivity index is 1.95. The number of aryl methyl sites for hydroxylation is 1. The number of alkyl halides is 1. The van der Waals surface area contributed by atoms with Gasteiger partial charge in [0.15, 0.2) is 5.16 Å². The van der Waals surface area contributed by atoms with Crippen LogP contribution in [0.1, 0.15) is 5.69 Å². The fraction of sp³-hybridized carbons (Fsp3) is 0.333. The van der Waals surface area contributed by atoms with Crippen molar-refractivity contribution < 1.29 is 0 Å². The number of pyridine rings is 1. The zero-order valence-electron chi connectivity index (χ0n) is 10.0. The van der Waals surface area contributed by atoms with Crippen LogP contribution in [-0.4, -0.2) is 19.9 Å². The average Bonchev–Trinajstić information content (AvgIpc) is 2.73. The second-order valence-electron chi connectivity index (χ2n) is 3.81.